The summed E-state index contributed by atoms with van der Waals surface area (Å²) < 4.78 is 7.59. The number of aromatic nitrogens is 1. The lowest BCUT2D eigenvalue weighted by atomic mass is 10.0. The minimum Gasteiger partial charge on any atom is -0.463 e. The molecule has 0 bridgehead atoms. The molecule has 21 heavy (non-hydrogen) atoms. The number of hydrogen-bond donors (Lipinski definition) is 0. The van der Waals surface area contributed by atoms with Gasteiger partial charge in [-0.25, -0.2) is 0 Å². The monoisotopic (exact) mass is 281 g/mol. The molecule has 3 nitrogen and oxygen atoms in total. The van der Waals surface area contributed by atoms with Crippen LogP contribution in [0.1, 0.15) is 32.3 Å². The first kappa shape index (κ1) is 13.7. The summed E-state index contributed by atoms with van der Waals surface area (Å²) in [5, 5.41) is 0.776. The van der Waals surface area contributed by atoms with Gasteiger partial charge in [0.05, 0.1) is 17.5 Å². The maximum atomic E-state index is 12.5. The highest BCUT2D eigenvalue weighted by Gasteiger charge is 2.12. The Kier molecular flexibility index (Phi) is 3.42. The van der Waals surface area contributed by atoms with Gasteiger partial charge in [-0.1, -0.05) is 19.9 Å². The second-order valence-corrected chi connectivity index (χ2v) is 5.55. The molecule has 0 amide bonds. The van der Waals surface area contributed by atoms with Crippen LogP contribution in [-0.4, -0.2) is 4.57 Å². The van der Waals surface area contributed by atoms with E-state index in [4.69, 9.17) is 4.42 Å². The van der Waals surface area contributed by atoms with Crippen molar-refractivity contribution in [2.45, 2.75) is 33.2 Å². The molecule has 0 saturated carbocycles. The molecule has 1 aromatic carbocycles. The first-order valence-electron chi connectivity index (χ1n) is 7.33. The third-order valence-electron chi connectivity index (χ3n) is 3.89. The Bertz CT molecular complexity index is 826. The Morgan fingerprint density at radius 1 is 1.19 bits per heavy atom. The van der Waals surface area contributed by atoms with Gasteiger partial charge in [-0.15, -0.1) is 0 Å². The van der Waals surface area contributed by atoms with Gasteiger partial charge in [-0.05, 0) is 42.7 Å². The van der Waals surface area contributed by atoms with Gasteiger partial charge in [0.2, 0.25) is 0 Å². The number of rotatable bonds is 3. The molecule has 0 radical (unpaired) electrons. The van der Waals surface area contributed by atoms with Gasteiger partial charge >= 0.3 is 0 Å². The molecule has 0 spiro atoms. The minimum atomic E-state index is 0.0450. The molecule has 3 rings (SSSR count). The lowest BCUT2D eigenvalue weighted by Crippen LogP contribution is -2.11. The summed E-state index contributed by atoms with van der Waals surface area (Å²) in [6.45, 7) is 7.13. The predicted octanol–water partition coefficient (Wildman–Crippen LogP) is 4.40. The van der Waals surface area contributed by atoms with E-state index in [0.717, 1.165) is 28.9 Å². The standard InChI is InChI=1S/C18H19NO2/c1-4-19-15-8-7-13(12(2)3)10-14(15)17(20)11-16(19)18-6-5-9-21-18/h5-12H,4H2,1-3H3. The quantitative estimate of drug-likeness (QED) is 0.713. The second kappa shape index (κ2) is 5.24. The second-order valence-electron chi connectivity index (χ2n) is 5.55. The Hall–Kier alpha value is -2.29. The van der Waals surface area contributed by atoms with Crippen LogP contribution >= 0.6 is 0 Å². The molecule has 0 unspecified atom stereocenters. The number of fused-ring (bicyclic) bond motifs is 1. The summed E-state index contributed by atoms with van der Waals surface area (Å²) >= 11 is 0. The van der Waals surface area contributed by atoms with Crippen LogP contribution in [0.3, 0.4) is 0 Å². The van der Waals surface area contributed by atoms with Gasteiger partial charge in [-0.3, -0.25) is 4.79 Å². The Morgan fingerprint density at radius 2 is 2.00 bits per heavy atom. The fourth-order valence-electron chi connectivity index (χ4n) is 2.72. The highest BCUT2D eigenvalue weighted by Crippen LogP contribution is 2.25. The van der Waals surface area contributed by atoms with Crippen molar-refractivity contribution >= 4 is 10.9 Å². The van der Waals surface area contributed by atoms with Gasteiger partial charge in [-0.2, -0.15) is 0 Å². The zero-order valence-corrected chi connectivity index (χ0v) is 12.6. The zero-order valence-electron chi connectivity index (χ0n) is 12.6. The topological polar surface area (TPSA) is 35.1 Å². The van der Waals surface area contributed by atoms with E-state index in [9.17, 15) is 4.79 Å². The number of hydrogen-bond acceptors (Lipinski definition) is 2. The van der Waals surface area contributed by atoms with Crippen molar-refractivity contribution in [3.8, 4) is 11.5 Å². The normalized spacial score (nSPS) is 11.4. The van der Waals surface area contributed by atoms with Crippen LogP contribution in [0.15, 0.2) is 51.9 Å². The van der Waals surface area contributed by atoms with E-state index in [0.29, 0.717) is 5.92 Å². The first-order chi connectivity index (χ1) is 10.1. The molecule has 0 aliphatic carbocycles. The molecule has 3 heteroatoms. The van der Waals surface area contributed by atoms with Gasteiger partial charge in [0, 0.05) is 18.0 Å². The van der Waals surface area contributed by atoms with Crippen LogP contribution in [0.2, 0.25) is 0 Å². The van der Waals surface area contributed by atoms with Crippen molar-refractivity contribution in [2.24, 2.45) is 0 Å². The number of nitrogens with zero attached hydrogens (tertiary/aromatic N) is 1. The summed E-state index contributed by atoms with van der Waals surface area (Å²) in [6, 6.07) is 11.6. The molecule has 2 aromatic heterocycles. The molecular weight excluding hydrogens is 262 g/mol. The van der Waals surface area contributed by atoms with Crippen molar-refractivity contribution in [2.75, 3.05) is 0 Å². The van der Waals surface area contributed by atoms with Crippen molar-refractivity contribution in [1.29, 1.82) is 0 Å². The third kappa shape index (κ3) is 2.29. The van der Waals surface area contributed by atoms with Crippen LogP contribution in [0.25, 0.3) is 22.4 Å². The maximum Gasteiger partial charge on any atom is 0.190 e. The summed E-state index contributed by atoms with van der Waals surface area (Å²) in [6.07, 6.45) is 1.63. The van der Waals surface area contributed by atoms with E-state index >= 15 is 0 Å². The van der Waals surface area contributed by atoms with E-state index in [-0.39, 0.29) is 5.43 Å². The largest absolute Gasteiger partial charge is 0.463 e. The van der Waals surface area contributed by atoms with E-state index in [1.165, 1.54) is 5.56 Å². The Labute approximate surface area is 123 Å². The van der Waals surface area contributed by atoms with Crippen molar-refractivity contribution in [3.63, 3.8) is 0 Å². The Balaban J connectivity index is 2.35. The van der Waals surface area contributed by atoms with Gasteiger partial charge in [0.25, 0.3) is 0 Å². The van der Waals surface area contributed by atoms with E-state index in [1.807, 2.05) is 24.3 Å². The first-order valence-corrected chi connectivity index (χ1v) is 7.33. The molecule has 0 aliphatic rings. The summed E-state index contributed by atoms with van der Waals surface area (Å²) in [4.78, 5) is 12.5. The summed E-state index contributed by atoms with van der Waals surface area (Å²) in [5.41, 5.74) is 3.02. The highest BCUT2D eigenvalue weighted by atomic mass is 16.3. The van der Waals surface area contributed by atoms with Gasteiger partial charge < -0.3 is 8.98 Å². The van der Waals surface area contributed by atoms with Crippen molar-refractivity contribution < 1.29 is 4.42 Å². The fraction of sp³-hybridized carbons (Fsp3) is 0.278. The molecule has 2 heterocycles. The number of pyridine rings is 1. The molecule has 3 aromatic rings. The van der Waals surface area contributed by atoms with Gasteiger partial charge in [0.15, 0.2) is 5.43 Å². The van der Waals surface area contributed by atoms with Crippen LogP contribution in [0, 0.1) is 0 Å². The average Bonchev–Trinajstić information content (AvgIpc) is 3.00. The maximum absolute atomic E-state index is 12.5. The number of aryl methyl sites for hydroxylation is 1. The van der Waals surface area contributed by atoms with Crippen LogP contribution in [-0.2, 0) is 6.54 Å². The number of furan rings is 1. The van der Waals surface area contributed by atoms with Crippen molar-refractivity contribution in [3.05, 3.63) is 58.4 Å². The zero-order chi connectivity index (χ0) is 15.0. The fourth-order valence-corrected chi connectivity index (χ4v) is 2.72. The highest BCUT2D eigenvalue weighted by molar-refractivity contribution is 5.82. The van der Waals surface area contributed by atoms with E-state index in [1.54, 1.807) is 12.3 Å². The summed E-state index contributed by atoms with van der Waals surface area (Å²) in [7, 11) is 0. The van der Waals surface area contributed by atoms with E-state index in [2.05, 4.69) is 31.4 Å². The molecule has 0 saturated heterocycles. The summed E-state index contributed by atoms with van der Waals surface area (Å²) in [5.74, 6) is 1.14. The third-order valence-corrected chi connectivity index (χ3v) is 3.89. The van der Waals surface area contributed by atoms with Crippen LogP contribution < -0.4 is 5.43 Å². The smallest absolute Gasteiger partial charge is 0.190 e. The Morgan fingerprint density at radius 3 is 2.62 bits per heavy atom. The van der Waals surface area contributed by atoms with E-state index < -0.39 is 0 Å². The average molecular weight is 281 g/mol. The number of benzene rings is 1. The van der Waals surface area contributed by atoms with Crippen LogP contribution in [0.4, 0.5) is 0 Å². The van der Waals surface area contributed by atoms with Crippen LogP contribution in [0.5, 0.6) is 0 Å². The molecule has 0 fully saturated rings. The lowest BCUT2D eigenvalue weighted by Gasteiger charge is -2.15. The molecule has 0 aliphatic heterocycles. The minimum absolute atomic E-state index is 0.0450. The van der Waals surface area contributed by atoms with Gasteiger partial charge in [0.1, 0.15) is 5.76 Å². The molecule has 0 atom stereocenters. The lowest BCUT2D eigenvalue weighted by molar-refractivity contribution is 0.574. The molecule has 108 valence electrons. The molecule has 0 N–H and O–H groups in total. The van der Waals surface area contributed by atoms with Crippen molar-refractivity contribution in [1.82, 2.24) is 4.57 Å². The predicted molar refractivity (Wildman–Crippen MR) is 85.7 cm³/mol. The SMILES string of the molecule is CCn1c(-c2ccco2)cc(=O)c2cc(C(C)C)ccc21. The molecular formula is C18H19NO2.